The molecule has 8 heteroatoms. The number of benzene rings is 1. The van der Waals surface area contributed by atoms with Crippen molar-refractivity contribution in [3.8, 4) is 11.5 Å². The van der Waals surface area contributed by atoms with Gasteiger partial charge in [0.1, 0.15) is 11.5 Å². The number of pyridine rings is 2. The Labute approximate surface area is 216 Å². The third-order valence-corrected chi connectivity index (χ3v) is 7.05. The summed E-state index contributed by atoms with van der Waals surface area (Å²) < 4.78 is 13.6. The van der Waals surface area contributed by atoms with Crippen LogP contribution in [0.2, 0.25) is 0 Å². The molecule has 0 bridgehead atoms. The predicted octanol–water partition coefficient (Wildman–Crippen LogP) is 5.14. The first-order valence-corrected chi connectivity index (χ1v) is 12.2. The third kappa shape index (κ3) is 4.28. The lowest BCUT2D eigenvalue weighted by atomic mass is 9.96. The Hall–Kier alpha value is -3.91. The Morgan fingerprint density at radius 1 is 1.00 bits per heavy atom. The van der Waals surface area contributed by atoms with Crippen molar-refractivity contribution in [3.63, 3.8) is 0 Å². The molecule has 36 heavy (non-hydrogen) atoms. The van der Waals surface area contributed by atoms with Gasteiger partial charge in [-0.1, -0.05) is 12.1 Å². The van der Waals surface area contributed by atoms with Gasteiger partial charge in [0.25, 0.3) is 0 Å². The molecule has 5 rings (SSSR count). The Kier molecular flexibility index (Phi) is 6.61. The van der Waals surface area contributed by atoms with Gasteiger partial charge in [-0.2, -0.15) is 0 Å². The lowest BCUT2D eigenvalue weighted by Gasteiger charge is -2.29. The molecule has 1 fully saturated rings. The number of rotatable bonds is 7. The summed E-state index contributed by atoms with van der Waals surface area (Å²) in [6.45, 7) is 5.04. The molecule has 1 aliphatic heterocycles. The zero-order valence-electron chi connectivity index (χ0n) is 20.8. The van der Waals surface area contributed by atoms with Crippen LogP contribution in [0.1, 0.15) is 40.3 Å². The van der Waals surface area contributed by atoms with Crippen molar-refractivity contribution in [2.24, 2.45) is 0 Å². The first-order valence-electron chi connectivity index (χ1n) is 11.8. The van der Waals surface area contributed by atoms with Crippen LogP contribution in [0.15, 0.2) is 73.2 Å². The summed E-state index contributed by atoms with van der Waals surface area (Å²) in [4.78, 5) is 11.1. The summed E-state index contributed by atoms with van der Waals surface area (Å²) in [5.74, 6) is 1.45. The zero-order valence-corrected chi connectivity index (χ0v) is 21.6. The first kappa shape index (κ1) is 23.8. The fourth-order valence-electron chi connectivity index (χ4n) is 4.96. The summed E-state index contributed by atoms with van der Waals surface area (Å²) in [5, 5.41) is 4.15. The number of hydrogen-bond acceptors (Lipinski definition) is 5. The van der Waals surface area contributed by atoms with E-state index in [0.29, 0.717) is 5.11 Å². The van der Waals surface area contributed by atoms with Crippen molar-refractivity contribution >= 4 is 23.0 Å². The van der Waals surface area contributed by atoms with Gasteiger partial charge in [0.15, 0.2) is 5.11 Å². The summed E-state index contributed by atoms with van der Waals surface area (Å²) in [6.07, 6.45) is 5.53. The van der Waals surface area contributed by atoms with Gasteiger partial charge in [0, 0.05) is 42.6 Å². The zero-order chi connectivity index (χ0) is 25.2. The van der Waals surface area contributed by atoms with Gasteiger partial charge in [-0.05, 0) is 73.6 Å². The second-order valence-electron chi connectivity index (χ2n) is 8.81. The van der Waals surface area contributed by atoms with Gasteiger partial charge in [0.2, 0.25) is 0 Å². The number of ether oxygens (including phenoxy) is 2. The Morgan fingerprint density at radius 2 is 1.86 bits per heavy atom. The summed E-state index contributed by atoms with van der Waals surface area (Å²) >= 11 is 5.93. The molecule has 4 aromatic rings. The van der Waals surface area contributed by atoms with Crippen LogP contribution in [0, 0.1) is 13.8 Å². The van der Waals surface area contributed by atoms with Crippen LogP contribution in [0.5, 0.6) is 11.5 Å². The number of thiocarbonyl (C=S) groups is 1. The van der Waals surface area contributed by atoms with Crippen LogP contribution in [0.25, 0.3) is 0 Å². The molecule has 0 spiro atoms. The molecule has 0 radical (unpaired) electrons. The molecule has 184 valence electrons. The van der Waals surface area contributed by atoms with E-state index in [-0.39, 0.29) is 12.1 Å². The highest BCUT2D eigenvalue weighted by Gasteiger charge is 2.43. The van der Waals surface area contributed by atoms with Crippen LogP contribution >= 0.6 is 12.2 Å². The van der Waals surface area contributed by atoms with Crippen LogP contribution in [-0.2, 0) is 6.54 Å². The van der Waals surface area contributed by atoms with Crippen molar-refractivity contribution in [3.05, 3.63) is 101 Å². The van der Waals surface area contributed by atoms with E-state index in [9.17, 15) is 0 Å². The SMILES string of the molecule is COc1ccc(OC)c(N2C(=S)N[C@H](c3ccccn3)[C@H]2c2cc(C)n(Cc3cccnc3)c2C)c1. The highest BCUT2D eigenvalue weighted by molar-refractivity contribution is 7.80. The molecule has 2 atom stereocenters. The first-order chi connectivity index (χ1) is 17.5. The standard InChI is InChI=1S/C28H29N5O2S/c1-18-14-22(19(2)32(18)17-20-8-7-12-29-16-20)27-26(23-9-5-6-13-30-23)31-28(36)33(27)24-15-21(34-3)10-11-25(24)35-4/h5-16,26-27H,17H2,1-4H3,(H,31,36)/t26-,27-/m1/s1. The normalized spacial score (nSPS) is 17.2. The molecule has 0 saturated carbocycles. The highest BCUT2D eigenvalue weighted by Crippen LogP contribution is 2.46. The summed E-state index contributed by atoms with van der Waals surface area (Å²) in [6, 6.07) is 17.8. The molecule has 0 unspecified atom stereocenters. The Balaban J connectivity index is 1.66. The quantitative estimate of drug-likeness (QED) is 0.353. The van der Waals surface area contributed by atoms with Crippen LogP contribution in [0.3, 0.4) is 0 Å². The molecule has 1 aliphatic rings. The predicted molar refractivity (Wildman–Crippen MR) is 145 cm³/mol. The fraction of sp³-hybridized carbons (Fsp3) is 0.250. The van der Waals surface area contributed by atoms with Crippen molar-refractivity contribution in [1.29, 1.82) is 0 Å². The molecule has 4 heterocycles. The van der Waals surface area contributed by atoms with E-state index in [4.69, 9.17) is 21.7 Å². The number of nitrogens with zero attached hydrogens (tertiary/aromatic N) is 4. The minimum absolute atomic E-state index is 0.151. The van der Waals surface area contributed by atoms with Gasteiger partial charge in [-0.15, -0.1) is 0 Å². The topological polar surface area (TPSA) is 64.4 Å². The molecular formula is C28H29N5O2S. The van der Waals surface area contributed by atoms with Gasteiger partial charge in [-0.25, -0.2) is 0 Å². The van der Waals surface area contributed by atoms with Crippen molar-refractivity contribution in [2.45, 2.75) is 32.5 Å². The minimum atomic E-state index is -0.151. The summed E-state index contributed by atoms with van der Waals surface area (Å²) in [7, 11) is 3.33. The van der Waals surface area contributed by atoms with Gasteiger partial charge >= 0.3 is 0 Å². The van der Waals surface area contributed by atoms with Crippen LogP contribution in [0.4, 0.5) is 5.69 Å². The molecule has 1 N–H and O–H groups in total. The van der Waals surface area contributed by atoms with Crippen molar-refractivity contribution in [2.75, 3.05) is 19.1 Å². The number of aryl methyl sites for hydroxylation is 1. The van der Waals surface area contributed by atoms with E-state index in [2.05, 4.69) is 50.7 Å². The lowest BCUT2D eigenvalue weighted by Crippen LogP contribution is -2.30. The van der Waals surface area contributed by atoms with E-state index in [1.807, 2.05) is 54.9 Å². The second-order valence-corrected chi connectivity index (χ2v) is 9.19. The molecule has 1 aromatic carbocycles. The van der Waals surface area contributed by atoms with Gasteiger partial charge in [0.05, 0.1) is 37.7 Å². The van der Waals surface area contributed by atoms with Gasteiger partial charge in [-0.3, -0.25) is 9.97 Å². The van der Waals surface area contributed by atoms with E-state index < -0.39 is 0 Å². The number of methoxy groups -OCH3 is 2. The monoisotopic (exact) mass is 499 g/mol. The average Bonchev–Trinajstić information content (AvgIpc) is 3.40. The minimum Gasteiger partial charge on any atom is -0.497 e. The van der Waals surface area contributed by atoms with Crippen molar-refractivity contribution < 1.29 is 9.47 Å². The van der Waals surface area contributed by atoms with Crippen LogP contribution < -0.4 is 19.7 Å². The van der Waals surface area contributed by atoms with Crippen LogP contribution in [-0.4, -0.2) is 33.9 Å². The number of hydrogen-bond donors (Lipinski definition) is 1. The Bertz CT molecular complexity index is 1370. The fourth-order valence-corrected chi connectivity index (χ4v) is 5.30. The van der Waals surface area contributed by atoms with E-state index in [0.717, 1.165) is 35.0 Å². The molecule has 7 nitrogen and oxygen atoms in total. The van der Waals surface area contributed by atoms with E-state index in [1.54, 1.807) is 20.4 Å². The average molecular weight is 500 g/mol. The largest absolute Gasteiger partial charge is 0.497 e. The number of nitrogens with one attached hydrogen (secondary N) is 1. The number of anilines is 1. The molecule has 0 aliphatic carbocycles. The second kappa shape index (κ2) is 9.99. The number of aromatic nitrogens is 3. The summed E-state index contributed by atoms with van der Waals surface area (Å²) in [5.41, 5.74) is 6.42. The lowest BCUT2D eigenvalue weighted by molar-refractivity contribution is 0.403. The third-order valence-electron chi connectivity index (χ3n) is 6.74. The molecule has 0 amide bonds. The van der Waals surface area contributed by atoms with E-state index >= 15 is 0 Å². The van der Waals surface area contributed by atoms with Crippen molar-refractivity contribution in [1.82, 2.24) is 19.9 Å². The molecule has 1 saturated heterocycles. The Morgan fingerprint density at radius 3 is 2.56 bits per heavy atom. The molecular weight excluding hydrogens is 470 g/mol. The molecule has 3 aromatic heterocycles. The maximum Gasteiger partial charge on any atom is 0.174 e. The maximum atomic E-state index is 5.93. The maximum absolute atomic E-state index is 5.93. The van der Waals surface area contributed by atoms with Gasteiger partial charge < -0.3 is 24.3 Å². The highest BCUT2D eigenvalue weighted by atomic mass is 32.1. The smallest absolute Gasteiger partial charge is 0.174 e. The van der Waals surface area contributed by atoms with E-state index in [1.165, 1.54) is 17.0 Å².